The molecule has 0 saturated carbocycles. The van der Waals surface area contributed by atoms with Crippen LogP contribution in [0.15, 0.2) is 36.4 Å². The highest BCUT2D eigenvalue weighted by atomic mass is 16.6. The minimum Gasteiger partial charge on any atom is -0.298 e. The van der Waals surface area contributed by atoms with Gasteiger partial charge >= 0.3 is 0 Å². The maximum absolute atomic E-state index is 11.1. The van der Waals surface area contributed by atoms with Gasteiger partial charge < -0.3 is 0 Å². The molecule has 2 aromatic carbocycles. The molecule has 0 aliphatic rings. The topological polar surface area (TPSA) is 60.2 Å². The first-order valence-corrected chi connectivity index (χ1v) is 5.85. The predicted octanol–water partition coefficient (Wildman–Crippen LogP) is 3.69. The van der Waals surface area contributed by atoms with Crippen molar-refractivity contribution in [3.63, 3.8) is 0 Å². The summed E-state index contributed by atoms with van der Waals surface area (Å²) in [5, 5.41) is 11.1. The molecule has 0 radical (unpaired) electrons. The first-order chi connectivity index (χ1) is 9.04. The van der Waals surface area contributed by atoms with Crippen LogP contribution in [-0.4, -0.2) is 11.2 Å². The maximum Gasteiger partial charge on any atom is 0.277 e. The fraction of sp³-hybridized carbons (Fsp3) is 0.133. The molecule has 0 fully saturated rings. The number of hydrogen-bond acceptors (Lipinski definition) is 3. The fourth-order valence-electron chi connectivity index (χ4n) is 2.04. The van der Waals surface area contributed by atoms with Crippen LogP contribution in [-0.2, 0) is 0 Å². The van der Waals surface area contributed by atoms with Gasteiger partial charge in [-0.25, -0.2) is 0 Å². The molecule has 0 aromatic heterocycles. The van der Waals surface area contributed by atoms with Gasteiger partial charge in [-0.3, -0.25) is 14.9 Å². The van der Waals surface area contributed by atoms with Crippen molar-refractivity contribution in [1.29, 1.82) is 0 Å². The first kappa shape index (κ1) is 13.0. The Morgan fingerprint density at radius 1 is 1.11 bits per heavy atom. The van der Waals surface area contributed by atoms with E-state index in [1.54, 1.807) is 12.1 Å². The standard InChI is InChI=1S/C15H13NO3/c1-10-4-3-5-13(11(10)2)14-7-6-12(9-17)8-15(14)16(18)19/h3-9H,1-2H3. The number of aldehydes is 1. The highest BCUT2D eigenvalue weighted by molar-refractivity contribution is 5.83. The molecule has 19 heavy (non-hydrogen) atoms. The van der Waals surface area contributed by atoms with E-state index in [2.05, 4.69) is 0 Å². The van der Waals surface area contributed by atoms with E-state index in [0.717, 1.165) is 16.7 Å². The Balaban J connectivity index is 2.71. The van der Waals surface area contributed by atoms with Gasteiger partial charge in [-0.1, -0.05) is 24.3 Å². The molecular formula is C15H13NO3. The van der Waals surface area contributed by atoms with Crippen molar-refractivity contribution in [2.75, 3.05) is 0 Å². The average Bonchev–Trinajstić information content (AvgIpc) is 2.41. The third kappa shape index (κ3) is 2.38. The molecule has 0 bridgehead atoms. The van der Waals surface area contributed by atoms with Gasteiger partial charge in [0.2, 0.25) is 0 Å². The van der Waals surface area contributed by atoms with E-state index in [0.29, 0.717) is 17.4 Å². The molecule has 96 valence electrons. The second-order valence-electron chi connectivity index (χ2n) is 4.40. The Hall–Kier alpha value is -2.49. The number of carbonyl (C=O) groups excluding carboxylic acids is 1. The lowest BCUT2D eigenvalue weighted by Gasteiger charge is -2.09. The average molecular weight is 255 g/mol. The zero-order chi connectivity index (χ0) is 14.0. The van der Waals surface area contributed by atoms with Crippen LogP contribution < -0.4 is 0 Å². The zero-order valence-electron chi connectivity index (χ0n) is 10.7. The van der Waals surface area contributed by atoms with E-state index < -0.39 is 4.92 Å². The molecule has 2 aromatic rings. The van der Waals surface area contributed by atoms with E-state index in [1.165, 1.54) is 6.07 Å². The lowest BCUT2D eigenvalue weighted by molar-refractivity contribution is -0.384. The van der Waals surface area contributed by atoms with Crippen LogP contribution in [0.4, 0.5) is 5.69 Å². The summed E-state index contributed by atoms with van der Waals surface area (Å²) >= 11 is 0. The van der Waals surface area contributed by atoms with Gasteiger partial charge in [-0.05, 0) is 36.6 Å². The molecule has 0 amide bonds. The van der Waals surface area contributed by atoms with Gasteiger partial charge in [0.25, 0.3) is 5.69 Å². The molecule has 0 unspecified atom stereocenters. The van der Waals surface area contributed by atoms with Crippen molar-refractivity contribution in [3.8, 4) is 11.1 Å². The van der Waals surface area contributed by atoms with Gasteiger partial charge in [0.15, 0.2) is 0 Å². The molecule has 4 nitrogen and oxygen atoms in total. The van der Waals surface area contributed by atoms with Crippen molar-refractivity contribution >= 4 is 12.0 Å². The lowest BCUT2D eigenvalue weighted by atomic mass is 9.95. The van der Waals surface area contributed by atoms with Crippen LogP contribution in [0.25, 0.3) is 11.1 Å². The van der Waals surface area contributed by atoms with E-state index in [9.17, 15) is 14.9 Å². The van der Waals surface area contributed by atoms with E-state index >= 15 is 0 Å². The summed E-state index contributed by atoms with van der Waals surface area (Å²) in [5.74, 6) is 0. The second kappa shape index (κ2) is 5.02. The molecule has 2 rings (SSSR count). The zero-order valence-corrected chi connectivity index (χ0v) is 10.7. The Kier molecular flexibility index (Phi) is 3.42. The van der Waals surface area contributed by atoms with Gasteiger partial charge in [0.1, 0.15) is 6.29 Å². The monoisotopic (exact) mass is 255 g/mol. The molecule has 0 N–H and O–H groups in total. The predicted molar refractivity (Wildman–Crippen MR) is 73.4 cm³/mol. The summed E-state index contributed by atoms with van der Waals surface area (Å²) < 4.78 is 0. The largest absolute Gasteiger partial charge is 0.298 e. The minimum atomic E-state index is -0.454. The molecule has 0 heterocycles. The summed E-state index contributed by atoms with van der Waals surface area (Å²) in [6.45, 7) is 3.90. The summed E-state index contributed by atoms with van der Waals surface area (Å²) in [6.07, 6.45) is 0.611. The normalized spacial score (nSPS) is 10.2. The highest BCUT2D eigenvalue weighted by Crippen LogP contribution is 2.33. The summed E-state index contributed by atoms with van der Waals surface area (Å²) in [5.41, 5.74) is 3.70. The van der Waals surface area contributed by atoms with Crippen LogP contribution >= 0.6 is 0 Å². The lowest BCUT2D eigenvalue weighted by Crippen LogP contribution is -1.96. The number of nitrogens with zero attached hydrogens (tertiary/aromatic N) is 1. The number of aryl methyl sites for hydroxylation is 1. The molecule has 0 spiro atoms. The second-order valence-corrected chi connectivity index (χ2v) is 4.40. The van der Waals surface area contributed by atoms with E-state index in [4.69, 9.17) is 0 Å². The molecule has 0 atom stereocenters. The minimum absolute atomic E-state index is 0.0432. The Labute approximate surface area is 110 Å². The summed E-state index contributed by atoms with van der Waals surface area (Å²) in [4.78, 5) is 21.4. The van der Waals surface area contributed by atoms with Gasteiger partial charge in [-0.15, -0.1) is 0 Å². The number of nitro groups is 1. The third-order valence-electron chi connectivity index (χ3n) is 3.25. The number of benzene rings is 2. The van der Waals surface area contributed by atoms with Crippen molar-refractivity contribution in [3.05, 3.63) is 63.2 Å². The van der Waals surface area contributed by atoms with Crippen molar-refractivity contribution in [2.45, 2.75) is 13.8 Å². The first-order valence-electron chi connectivity index (χ1n) is 5.85. The Morgan fingerprint density at radius 3 is 2.47 bits per heavy atom. The molecular weight excluding hydrogens is 242 g/mol. The van der Waals surface area contributed by atoms with Gasteiger partial charge in [0, 0.05) is 11.6 Å². The van der Waals surface area contributed by atoms with Crippen LogP contribution in [0.1, 0.15) is 21.5 Å². The van der Waals surface area contributed by atoms with Gasteiger partial charge in [0.05, 0.1) is 10.5 Å². The Morgan fingerprint density at radius 2 is 1.84 bits per heavy atom. The van der Waals surface area contributed by atoms with Crippen LogP contribution in [0, 0.1) is 24.0 Å². The van der Waals surface area contributed by atoms with Crippen LogP contribution in [0.5, 0.6) is 0 Å². The van der Waals surface area contributed by atoms with Gasteiger partial charge in [-0.2, -0.15) is 0 Å². The molecule has 0 aliphatic carbocycles. The van der Waals surface area contributed by atoms with E-state index in [1.807, 2.05) is 32.0 Å². The summed E-state index contributed by atoms with van der Waals surface area (Å²) in [7, 11) is 0. The van der Waals surface area contributed by atoms with Crippen molar-refractivity contribution in [2.24, 2.45) is 0 Å². The quantitative estimate of drug-likeness (QED) is 0.477. The number of rotatable bonds is 3. The SMILES string of the molecule is Cc1cccc(-c2ccc(C=O)cc2[N+](=O)[O-])c1C. The van der Waals surface area contributed by atoms with Crippen molar-refractivity contribution < 1.29 is 9.72 Å². The summed E-state index contributed by atoms with van der Waals surface area (Å²) in [6, 6.07) is 10.2. The molecule has 4 heteroatoms. The number of carbonyl (C=O) groups is 1. The number of nitro benzene ring substituents is 1. The maximum atomic E-state index is 11.1. The Bertz CT molecular complexity index is 662. The third-order valence-corrected chi connectivity index (χ3v) is 3.25. The number of hydrogen-bond donors (Lipinski definition) is 0. The van der Waals surface area contributed by atoms with Crippen molar-refractivity contribution in [1.82, 2.24) is 0 Å². The highest BCUT2D eigenvalue weighted by Gasteiger charge is 2.17. The fourth-order valence-corrected chi connectivity index (χ4v) is 2.04. The van der Waals surface area contributed by atoms with E-state index in [-0.39, 0.29) is 5.69 Å². The smallest absolute Gasteiger partial charge is 0.277 e. The van der Waals surface area contributed by atoms with Crippen LogP contribution in [0.3, 0.4) is 0 Å². The molecule has 0 saturated heterocycles. The molecule has 0 aliphatic heterocycles. The van der Waals surface area contributed by atoms with Crippen LogP contribution in [0.2, 0.25) is 0 Å².